The minimum atomic E-state index is -3.98. The van der Waals surface area contributed by atoms with Gasteiger partial charge >= 0.3 is 5.97 Å². The molecule has 0 saturated heterocycles. The number of carbonyl (C=O) groups excluding carboxylic acids is 1. The largest absolute Gasteiger partial charge is 0.468 e. The van der Waals surface area contributed by atoms with Crippen molar-refractivity contribution in [3.05, 3.63) is 30.3 Å². The summed E-state index contributed by atoms with van der Waals surface area (Å²) in [7, 11) is -2.78. The summed E-state index contributed by atoms with van der Waals surface area (Å²) in [4.78, 5) is 12.7. The van der Waals surface area contributed by atoms with Gasteiger partial charge in [-0.2, -0.15) is 0 Å². The van der Waals surface area contributed by atoms with Gasteiger partial charge in [-0.3, -0.25) is 4.79 Å². The van der Waals surface area contributed by atoms with Crippen LogP contribution in [0, 0.1) is 11.8 Å². The third-order valence-corrected chi connectivity index (χ3v) is 7.60. The molecule has 0 spiro atoms. The van der Waals surface area contributed by atoms with Crippen molar-refractivity contribution in [2.75, 3.05) is 7.11 Å². The van der Waals surface area contributed by atoms with Gasteiger partial charge in [0.2, 0.25) is 0 Å². The molecule has 124 valence electrons. The molecule has 3 atom stereocenters. The highest BCUT2D eigenvalue weighted by atomic mass is 32.2. The summed E-state index contributed by atoms with van der Waals surface area (Å²) >= 11 is 0. The van der Waals surface area contributed by atoms with E-state index in [1.54, 1.807) is 18.2 Å². The van der Waals surface area contributed by atoms with E-state index >= 15 is 0 Å². The molecule has 0 unspecified atom stereocenters. The molecule has 2 saturated carbocycles. The Bertz CT molecular complexity index is 743. The van der Waals surface area contributed by atoms with Crippen LogP contribution in [0.5, 0.6) is 0 Å². The van der Waals surface area contributed by atoms with E-state index in [0.29, 0.717) is 18.6 Å². The van der Waals surface area contributed by atoms with Gasteiger partial charge < -0.3 is 9.94 Å². The molecule has 3 rings (SSSR count). The Hall–Kier alpha value is -1.89. The van der Waals surface area contributed by atoms with Crippen molar-refractivity contribution < 1.29 is 23.2 Å². The lowest BCUT2D eigenvalue weighted by Gasteiger charge is -2.32. The van der Waals surface area contributed by atoms with Crippen LogP contribution in [0.1, 0.15) is 25.7 Å². The number of fused-ring (bicyclic) bond motifs is 2. The Balaban J connectivity index is 2.22. The van der Waals surface area contributed by atoms with Crippen LogP contribution in [0.3, 0.4) is 0 Å². The number of esters is 1. The van der Waals surface area contributed by atoms with Crippen LogP contribution < -0.4 is 0 Å². The molecule has 6 nitrogen and oxygen atoms in total. The molecular weight excluding hydrogens is 318 g/mol. The lowest BCUT2D eigenvalue weighted by atomic mass is 9.85. The number of sulfone groups is 1. The Morgan fingerprint density at radius 3 is 2.65 bits per heavy atom. The number of benzene rings is 1. The Kier molecular flexibility index (Phi) is 3.91. The summed E-state index contributed by atoms with van der Waals surface area (Å²) in [5.41, 5.74) is 0.378. The lowest BCUT2D eigenvalue weighted by Crippen LogP contribution is -2.52. The molecule has 0 radical (unpaired) electrons. The van der Waals surface area contributed by atoms with Crippen LogP contribution in [0.2, 0.25) is 0 Å². The van der Waals surface area contributed by atoms with Crippen LogP contribution in [-0.2, 0) is 19.4 Å². The Morgan fingerprint density at radius 1 is 1.35 bits per heavy atom. The van der Waals surface area contributed by atoms with Crippen LogP contribution in [0.4, 0.5) is 0 Å². The quantitative estimate of drug-likeness (QED) is 0.517. The van der Waals surface area contributed by atoms with E-state index in [-0.39, 0.29) is 17.2 Å². The average molecular weight is 337 g/mol. The normalized spacial score (nSPS) is 32.0. The molecule has 1 aromatic carbocycles. The molecular formula is C16H19NO5S. The zero-order chi connectivity index (χ0) is 16.7. The van der Waals surface area contributed by atoms with Crippen molar-refractivity contribution >= 4 is 21.5 Å². The first-order valence-electron chi connectivity index (χ1n) is 7.56. The molecule has 0 heterocycles. The first-order valence-corrected chi connectivity index (χ1v) is 9.04. The van der Waals surface area contributed by atoms with Crippen LogP contribution in [-0.4, -0.2) is 37.2 Å². The first kappa shape index (κ1) is 16.0. The Morgan fingerprint density at radius 2 is 2.04 bits per heavy atom. The molecule has 2 aliphatic rings. The molecule has 0 aromatic heterocycles. The summed E-state index contributed by atoms with van der Waals surface area (Å²) in [6.45, 7) is 0. The van der Waals surface area contributed by atoms with Crippen molar-refractivity contribution in [3.63, 3.8) is 0 Å². The first-order chi connectivity index (χ1) is 11.0. The molecule has 0 aliphatic heterocycles. The fourth-order valence-electron chi connectivity index (χ4n) is 4.06. The molecule has 2 aliphatic carbocycles. The number of nitrogens with zero attached hydrogens (tertiary/aromatic N) is 1. The molecule has 0 amide bonds. The smallest absolute Gasteiger partial charge is 0.328 e. The van der Waals surface area contributed by atoms with Crippen molar-refractivity contribution in [3.8, 4) is 0 Å². The van der Waals surface area contributed by atoms with Gasteiger partial charge in [0.1, 0.15) is 0 Å². The van der Waals surface area contributed by atoms with E-state index in [1.165, 1.54) is 19.2 Å². The molecule has 1 aromatic rings. The Labute approximate surface area is 135 Å². The van der Waals surface area contributed by atoms with Crippen molar-refractivity contribution in [2.45, 2.75) is 35.3 Å². The monoisotopic (exact) mass is 337 g/mol. The van der Waals surface area contributed by atoms with Gasteiger partial charge in [0, 0.05) is 5.92 Å². The molecule has 7 heteroatoms. The molecule has 1 N–H and O–H groups in total. The van der Waals surface area contributed by atoms with E-state index < -0.39 is 26.5 Å². The number of ether oxygens (including phenoxy) is 1. The molecule has 23 heavy (non-hydrogen) atoms. The lowest BCUT2D eigenvalue weighted by molar-refractivity contribution is -0.144. The van der Waals surface area contributed by atoms with Gasteiger partial charge in [-0.05, 0) is 43.7 Å². The van der Waals surface area contributed by atoms with Gasteiger partial charge in [-0.15, -0.1) is 0 Å². The van der Waals surface area contributed by atoms with Gasteiger partial charge in [0.25, 0.3) is 0 Å². The predicted octanol–water partition coefficient (Wildman–Crippen LogP) is 2.02. The third kappa shape index (κ3) is 2.17. The highest BCUT2D eigenvalue weighted by Crippen LogP contribution is 2.53. The predicted molar refractivity (Wildman–Crippen MR) is 83.0 cm³/mol. The number of methoxy groups -OCH3 is 1. The highest BCUT2D eigenvalue weighted by molar-refractivity contribution is 7.93. The standard InChI is InChI=1S/C16H19NO5S/c1-22-15(18)16(23(20,21)12-5-3-2-4-6-12)10-11-7-8-14(17-19)13(16)9-11/h2-6,11,13,19H,7-10H2,1H3/b17-14+/t11-,13-,16+/m1/s1. The van der Waals surface area contributed by atoms with E-state index in [1.807, 2.05) is 0 Å². The maximum absolute atomic E-state index is 13.3. The van der Waals surface area contributed by atoms with Crippen LogP contribution in [0.15, 0.2) is 40.4 Å². The van der Waals surface area contributed by atoms with Gasteiger partial charge in [-0.25, -0.2) is 8.42 Å². The fraction of sp³-hybridized carbons (Fsp3) is 0.500. The summed E-state index contributed by atoms with van der Waals surface area (Å²) in [6.07, 6.45) is 1.97. The molecule has 2 bridgehead atoms. The SMILES string of the molecule is COC(=O)[C@]1(S(=O)(=O)c2ccccc2)C[C@@H]2CC/C(=N\O)[C@H]1C2. The molecule has 2 fully saturated rings. The number of carbonyl (C=O) groups is 1. The van der Waals surface area contributed by atoms with Crippen molar-refractivity contribution in [1.82, 2.24) is 0 Å². The summed E-state index contributed by atoms with van der Waals surface area (Å²) in [6, 6.07) is 7.94. The zero-order valence-electron chi connectivity index (χ0n) is 12.8. The third-order valence-electron chi connectivity index (χ3n) is 5.13. The maximum atomic E-state index is 13.3. The van der Waals surface area contributed by atoms with E-state index in [9.17, 15) is 18.4 Å². The topological polar surface area (TPSA) is 93.0 Å². The second kappa shape index (κ2) is 5.63. The van der Waals surface area contributed by atoms with Crippen molar-refractivity contribution in [1.29, 1.82) is 0 Å². The number of oxime groups is 1. The number of hydrogen-bond acceptors (Lipinski definition) is 6. The number of rotatable bonds is 3. The van der Waals surface area contributed by atoms with Crippen LogP contribution >= 0.6 is 0 Å². The van der Waals surface area contributed by atoms with E-state index in [0.717, 1.165) is 6.42 Å². The van der Waals surface area contributed by atoms with Gasteiger partial charge in [0.15, 0.2) is 14.6 Å². The zero-order valence-corrected chi connectivity index (χ0v) is 13.6. The van der Waals surface area contributed by atoms with Crippen LogP contribution in [0.25, 0.3) is 0 Å². The van der Waals surface area contributed by atoms with Gasteiger partial charge in [0.05, 0.1) is 17.7 Å². The second-order valence-electron chi connectivity index (χ2n) is 6.19. The minimum Gasteiger partial charge on any atom is -0.468 e. The number of hydrogen-bond donors (Lipinski definition) is 1. The van der Waals surface area contributed by atoms with Gasteiger partial charge in [-0.1, -0.05) is 23.4 Å². The average Bonchev–Trinajstić information content (AvgIpc) is 2.90. The van der Waals surface area contributed by atoms with Crippen molar-refractivity contribution in [2.24, 2.45) is 17.0 Å². The summed E-state index contributed by atoms with van der Waals surface area (Å²) in [5.74, 6) is -1.29. The van der Waals surface area contributed by atoms with E-state index in [2.05, 4.69) is 5.16 Å². The highest BCUT2D eigenvalue weighted by Gasteiger charge is 2.65. The fourth-order valence-corrected chi connectivity index (χ4v) is 6.36. The maximum Gasteiger partial charge on any atom is 0.328 e. The minimum absolute atomic E-state index is 0.0928. The van der Waals surface area contributed by atoms with E-state index in [4.69, 9.17) is 4.74 Å². The second-order valence-corrected chi connectivity index (χ2v) is 8.39. The summed E-state index contributed by atoms with van der Waals surface area (Å²) in [5, 5.41) is 12.6. The summed E-state index contributed by atoms with van der Waals surface area (Å²) < 4.78 is 29.8.